The smallest absolute Gasteiger partial charge is 0.661 e. The van der Waals surface area contributed by atoms with Gasteiger partial charge in [-0.05, 0) is 57.5 Å². The number of para-hydroxylation sites is 3. The van der Waals surface area contributed by atoms with Crippen LogP contribution in [0.2, 0.25) is 19.6 Å². The van der Waals surface area contributed by atoms with Crippen LogP contribution in [-0.2, 0) is 20.1 Å². The number of rotatable bonds is 6. The van der Waals surface area contributed by atoms with Crippen molar-refractivity contribution in [2.45, 2.75) is 72.2 Å². The first-order valence-corrected chi connectivity index (χ1v) is 22.1. The Balaban J connectivity index is 0.000000211. The van der Waals surface area contributed by atoms with E-state index in [0.29, 0.717) is 17.4 Å². The molecule has 0 spiro atoms. The average Bonchev–Trinajstić information content (AvgIpc) is 3.72. The Morgan fingerprint density at radius 1 is 0.788 bits per heavy atom. The van der Waals surface area contributed by atoms with E-state index in [9.17, 15) is 0 Å². The number of hydrogen-bond acceptors (Lipinski definition) is 3. The zero-order valence-corrected chi connectivity index (χ0v) is 35.0. The summed E-state index contributed by atoms with van der Waals surface area (Å²) in [6.45, 7) is 13.9. The zero-order chi connectivity index (χ0) is 38.4. The third-order valence-corrected chi connectivity index (χ3v) is 12.7. The average molecular weight is 896 g/mol. The number of aryl methyl sites for hydroxylation is 1. The van der Waals surface area contributed by atoms with Gasteiger partial charge in [0, 0.05) is 26.4 Å². The molecule has 3 heterocycles. The van der Waals surface area contributed by atoms with Gasteiger partial charge in [-0.2, -0.15) is 23.8 Å². The molecule has 0 fully saturated rings. The van der Waals surface area contributed by atoms with Crippen LogP contribution in [0.3, 0.4) is 0 Å². The van der Waals surface area contributed by atoms with Crippen molar-refractivity contribution in [3.05, 3.63) is 155 Å². The fourth-order valence-electron chi connectivity index (χ4n) is 6.76. The Morgan fingerprint density at radius 3 is 2.17 bits per heavy atom. The largest absolute Gasteiger partial charge is 3.00 e. The number of hydrogen-bond donors (Lipinski definition) is 0. The van der Waals surface area contributed by atoms with Gasteiger partial charge in [-0.25, -0.2) is 11.3 Å². The molecule has 8 rings (SSSR count). The van der Waals surface area contributed by atoms with Crippen LogP contribution in [0.4, 0.5) is 17.1 Å². The molecule has 1 atom stereocenters. The van der Waals surface area contributed by atoms with Crippen molar-refractivity contribution in [3.8, 4) is 11.3 Å². The minimum absolute atomic E-state index is 0. The zero-order valence-electron chi connectivity index (χ0n) is 33.8. The van der Waals surface area contributed by atoms with Crippen molar-refractivity contribution in [2.24, 2.45) is 0 Å². The Kier molecular flexibility index (Phi) is 10.1. The van der Waals surface area contributed by atoms with E-state index in [1.165, 1.54) is 53.9 Å². The molecule has 0 amide bonds. The van der Waals surface area contributed by atoms with Crippen LogP contribution in [0.25, 0.3) is 36.7 Å². The second kappa shape index (κ2) is 15.5. The van der Waals surface area contributed by atoms with Gasteiger partial charge in [0.1, 0.15) is 0 Å². The number of fused-ring (bicyclic) bond motifs is 4. The van der Waals surface area contributed by atoms with Crippen molar-refractivity contribution in [3.63, 3.8) is 0 Å². The SMILES string of the molecule is CC(C)c1cccc(C(C)C)c1N1c2ccccc2[N-]C1c1[c-]cc2sc3ccccc3c2c1.[2H]C([2H])([2H])c1c[c-]c(-c2ccc([Si](C)(C)C)cn2)cc1.[Ir+3]. The molecule has 0 saturated heterocycles. The van der Waals surface area contributed by atoms with Gasteiger partial charge in [0.25, 0.3) is 0 Å². The van der Waals surface area contributed by atoms with Crippen molar-refractivity contribution in [2.75, 3.05) is 4.90 Å². The minimum Gasteiger partial charge on any atom is -0.661 e. The molecule has 1 aliphatic rings. The second-order valence-electron chi connectivity index (χ2n) is 14.9. The van der Waals surface area contributed by atoms with E-state index in [-0.39, 0.29) is 26.3 Å². The van der Waals surface area contributed by atoms with E-state index in [0.717, 1.165) is 22.5 Å². The number of aromatic nitrogens is 1. The molecule has 1 unspecified atom stereocenters. The van der Waals surface area contributed by atoms with Gasteiger partial charge in [-0.3, -0.25) is 0 Å². The fraction of sp³-hybridized carbons (Fsp3) is 0.239. The number of nitrogens with zero attached hydrogens (tertiary/aromatic N) is 3. The van der Waals surface area contributed by atoms with Crippen LogP contribution < -0.4 is 10.1 Å². The summed E-state index contributed by atoms with van der Waals surface area (Å²) in [6, 6.07) is 44.1. The Morgan fingerprint density at radius 2 is 1.52 bits per heavy atom. The molecule has 5 aromatic carbocycles. The molecule has 0 N–H and O–H groups in total. The number of benzene rings is 5. The molecule has 0 aliphatic carbocycles. The first-order chi connectivity index (χ1) is 25.7. The van der Waals surface area contributed by atoms with E-state index < -0.39 is 14.9 Å². The molecular weight excluding hydrogens is 847 g/mol. The second-order valence-corrected chi connectivity index (χ2v) is 21.1. The van der Waals surface area contributed by atoms with Gasteiger partial charge in [-0.1, -0.05) is 126 Å². The van der Waals surface area contributed by atoms with Gasteiger partial charge in [0.2, 0.25) is 0 Å². The van der Waals surface area contributed by atoms with Crippen molar-refractivity contribution >= 4 is 61.8 Å². The molecule has 6 heteroatoms. The van der Waals surface area contributed by atoms with Gasteiger partial charge in [-0.15, -0.1) is 46.5 Å². The summed E-state index contributed by atoms with van der Waals surface area (Å²) in [5, 5.41) is 9.16. The molecule has 1 aliphatic heterocycles. The van der Waals surface area contributed by atoms with Crippen LogP contribution in [0, 0.1) is 19.0 Å². The van der Waals surface area contributed by atoms with Crippen LogP contribution >= 0.6 is 11.3 Å². The summed E-state index contributed by atoms with van der Waals surface area (Å²) in [4.78, 5) is 6.93. The topological polar surface area (TPSA) is 30.2 Å². The van der Waals surface area contributed by atoms with Crippen LogP contribution in [-0.4, -0.2) is 13.1 Å². The van der Waals surface area contributed by atoms with Crippen molar-refractivity contribution in [1.82, 2.24) is 4.98 Å². The maximum Gasteiger partial charge on any atom is 3.00 e. The molecule has 0 radical (unpaired) electrons. The number of pyridine rings is 1. The maximum absolute atomic E-state index is 7.35. The van der Waals surface area contributed by atoms with E-state index in [2.05, 4.69) is 154 Å². The van der Waals surface area contributed by atoms with Gasteiger partial charge >= 0.3 is 20.1 Å². The van der Waals surface area contributed by atoms with Gasteiger partial charge < -0.3 is 15.2 Å². The first-order valence-electron chi connectivity index (χ1n) is 19.2. The van der Waals surface area contributed by atoms with Gasteiger partial charge in [0.05, 0.1) is 8.07 Å². The quantitative estimate of drug-likeness (QED) is 0.123. The molecule has 2 aromatic heterocycles. The van der Waals surface area contributed by atoms with Crippen molar-refractivity contribution in [1.29, 1.82) is 0 Å². The molecule has 3 nitrogen and oxygen atoms in total. The number of anilines is 2. The Labute approximate surface area is 332 Å². The summed E-state index contributed by atoms with van der Waals surface area (Å²) in [5.41, 5.74) is 9.31. The van der Waals surface area contributed by atoms with Crippen molar-refractivity contribution < 1.29 is 24.2 Å². The third-order valence-electron chi connectivity index (χ3n) is 9.56. The molecule has 7 aromatic rings. The molecular formula is C46H46IrN3SSi. The minimum atomic E-state index is -2.08. The maximum atomic E-state index is 7.35. The standard InChI is InChI=1S/C31H28N2S.C15H18NSi.Ir/c1-19(2)22-11-9-12-23(20(3)4)30(22)33-27-14-7-6-13-26(27)32-31(33)21-16-17-29-25(18-21)24-10-5-8-15-28(24)34-29;1-12-5-7-13(8-6-12)15-10-9-14(11-16-15)17(2,3)4;/h5-15,17-20,31H,1-4H3;5-7,9-11H,1-4H3;/q-2;-1;+3/i;1D3;. The van der Waals surface area contributed by atoms with Gasteiger partial charge in [0.15, 0.2) is 0 Å². The Bertz CT molecular complexity index is 2330. The summed E-state index contributed by atoms with van der Waals surface area (Å²) < 4.78 is 24.6. The predicted molar refractivity (Wildman–Crippen MR) is 223 cm³/mol. The summed E-state index contributed by atoms with van der Waals surface area (Å²) in [5.74, 6) is 0.823. The molecule has 264 valence electrons. The van der Waals surface area contributed by atoms with E-state index in [4.69, 9.17) is 9.43 Å². The normalized spacial score (nSPS) is 15.0. The predicted octanol–water partition coefficient (Wildman–Crippen LogP) is 13.4. The molecule has 52 heavy (non-hydrogen) atoms. The van der Waals surface area contributed by atoms with Crippen LogP contribution in [0.5, 0.6) is 0 Å². The fourth-order valence-corrected chi connectivity index (χ4v) is 8.86. The summed E-state index contributed by atoms with van der Waals surface area (Å²) in [7, 11) is -1.34. The first kappa shape index (κ1) is 33.8. The van der Waals surface area contributed by atoms with Crippen LogP contribution in [0.1, 0.15) is 72.1 Å². The Hall–Kier alpha value is -4.06. The van der Waals surface area contributed by atoms with Crippen LogP contribution in [0.15, 0.2) is 115 Å². The third kappa shape index (κ3) is 7.54. The molecule has 0 saturated carbocycles. The van der Waals surface area contributed by atoms with E-state index in [1.54, 1.807) is 12.1 Å². The molecule has 0 bridgehead atoms. The number of thiophene rings is 1. The monoisotopic (exact) mass is 896 g/mol. The summed E-state index contributed by atoms with van der Waals surface area (Å²) >= 11 is 1.83. The van der Waals surface area contributed by atoms with E-state index >= 15 is 0 Å². The van der Waals surface area contributed by atoms with E-state index in [1.807, 2.05) is 23.6 Å². The summed E-state index contributed by atoms with van der Waals surface area (Å²) in [6.07, 6.45) is 1.78.